The number of thiol groups is 1. The highest BCUT2D eigenvalue weighted by Gasteiger charge is 2.31. The van der Waals surface area contributed by atoms with Gasteiger partial charge in [-0.2, -0.15) is 13.2 Å². The van der Waals surface area contributed by atoms with Crippen molar-refractivity contribution < 1.29 is 13.2 Å². The summed E-state index contributed by atoms with van der Waals surface area (Å²) < 4.78 is 38.0. The van der Waals surface area contributed by atoms with Crippen LogP contribution in [0.1, 0.15) is 5.56 Å². The highest BCUT2D eigenvalue weighted by Crippen LogP contribution is 2.36. The quantitative estimate of drug-likeness (QED) is 0.587. The van der Waals surface area contributed by atoms with E-state index in [2.05, 4.69) is 12.6 Å². The minimum Gasteiger partial charge on any atom is -0.398 e. The Bertz CT molecular complexity index is 579. The summed E-state index contributed by atoms with van der Waals surface area (Å²) in [5.74, 6) is 0. The van der Waals surface area contributed by atoms with E-state index in [0.717, 1.165) is 12.1 Å². The molecule has 0 aromatic heterocycles. The third-order valence-corrected chi connectivity index (χ3v) is 2.96. The number of nitrogen functional groups attached to an aromatic ring is 1. The molecule has 0 atom stereocenters. The van der Waals surface area contributed by atoms with Crippen LogP contribution in [0.4, 0.5) is 18.9 Å². The molecule has 2 N–H and O–H groups in total. The highest BCUT2D eigenvalue weighted by atomic mass is 32.1. The molecule has 0 spiro atoms. The van der Waals surface area contributed by atoms with Crippen molar-refractivity contribution in [2.45, 2.75) is 11.1 Å². The molecule has 0 heterocycles. The summed E-state index contributed by atoms with van der Waals surface area (Å²) in [4.78, 5) is 0.587. The van der Waals surface area contributed by atoms with E-state index in [-0.39, 0.29) is 0 Å². The van der Waals surface area contributed by atoms with Gasteiger partial charge in [0.2, 0.25) is 0 Å². The fraction of sp³-hybridized carbons (Fsp3) is 0.0769. The molecule has 18 heavy (non-hydrogen) atoms. The summed E-state index contributed by atoms with van der Waals surface area (Å²) in [5, 5.41) is 0. The minimum absolute atomic E-state index is 0.296. The van der Waals surface area contributed by atoms with Crippen molar-refractivity contribution in [3.05, 3.63) is 48.0 Å². The van der Waals surface area contributed by atoms with Gasteiger partial charge >= 0.3 is 6.18 Å². The highest BCUT2D eigenvalue weighted by molar-refractivity contribution is 7.80. The second-order valence-electron chi connectivity index (χ2n) is 3.82. The lowest BCUT2D eigenvalue weighted by atomic mass is 10.0. The molecular formula is C13H10F3NS. The van der Waals surface area contributed by atoms with Crippen LogP contribution >= 0.6 is 12.6 Å². The summed E-state index contributed by atoms with van der Waals surface area (Å²) in [6.07, 6.45) is -4.38. The van der Waals surface area contributed by atoms with Crippen molar-refractivity contribution >= 4 is 18.3 Å². The molecule has 0 saturated carbocycles. The molecule has 0 aliphatic rings. The number of hydrogen-bond donors (Lipinski definition) is 2. The summed E-state index contributed by atoms with van der Waals surface area (Å²) in [6, 6.07) is 10.2. The van der Waals surface area contributed by atoms with Gasteiger partial charge in [-0.1, -0.05) is 18.2 Å². The molecule has 2 aromatic rings. The van der Waals surface area contributed by atoms with E-state index in [9.17, 15) is 13.2 Å². The van der Waals surface area contributed by atoms with Gasteiger partial charge in [0, 0.05) is 16.1 Å². The van der Waals surface area contributed by atoms with Crippen molar-refractivity contribution in [2.24, 2.45) is 0 Å². The van der Waals surface area contributed by atoms with Gasteiger partial charge in [-0.25, -0.2) is 0 Å². The minimum atomic E-state index is -4.38. The van der Waals surface area contributed by atoms with E-state index >= 15 is 0 Å². The Kier molecular flexibility index (Phi) is 3.26. The van der Waals surface area contributed by atoms with Gasteiger partial charge < -0.3 is 5.73 Å². The smallest absolute Gasteiger partial charge is 0.398 e. The zero-order valence-corrected chi connectivity index (χ0v) is 10.1. The largest absolute Gasteiger partial charge is 0.416 e. The number of nitrogens with two attached hydrogens (primary N) is 1. The Morgan fingerprint density at radius 2 is 1.61 bits per heavy atom. The number of halogens is 3. The molecule has 94 valence electrons. The molecule has 0 aliphatic heterocycles. The van der Waals surface area contributed by atoms with Crippen LogP contribution in [-0.2, 0) is 6.18 Å². The van der Waals surface area contributed by atoms with Crippen LogP contribution in [0.3, 0.4) is 0 Å². The first-order chi connectivity index (χ1) is 8.39. The number of anilines is 1. The first-order valence-electron chi connectivity index (χ1n) is 5.14. The molecule has 0 amide bonds. The summed E-state index contributed by atoms with van der Waals surface area (Å²) in [5.41, 5.74) is 6.24. The maximum absolute atomic E-state index is 12.7. The predicted molar refractivity (Wildman–Crippen MR) is 68.5 cm³/mol. The Hall–Kier alpha value is -1.62. The van der Waals surface area contributed by atoms with Crippen LogP contribution in [-0.4, -0.2) is 0 Å². The van der Waals surface area contributed by atoms with Crippen molar-refractivity contribution in [3.63, 3.8) is 0 Å². The fourth-order valence-electron chi connectivity index (χ4n) is 1.67. The number of alkyl halides is 3. The van der Waals surface area contributed by atoms with E-state index in [1.165, 1.54) is 6.07 Å². The van der Waals surface area contributed by atoms with Crippen LogP contribution in [0.2, 0.25) is 0 Å². The van der Waals surface area contributed by atoms with E-state index in [1.54, 1.807) is 24.3 Å². The van der Waals surface area contributed by atoms with E-state index in [1.807, 2.05) is 0 Å². The summed E-state index contributed by atoms with van der Waals surface area (Å²) >= 11 is 4.23. The average Bonchev–Trinajstić information content (AvgIpc) is 2.29. The zero-order valence-electron chi connectivity index (χ0n) is 9.20. The second-order valence-corrected chi connectivity index (χ2v) is 4.30. The SMILES string of the molecule is Nc1ccc(C(F)(F)F)cc1-c1ccccc1S. The maximum atomic E-state index is 12.7. The van der Waals surface area contributed by atoms with Crippen molar-refractivity contribution in [3.8, 4) is 11.1 Å². The van der Waals surface area contributed by atoms with Gasteiger partial charge in [0.25, 0.3) is 0 Å². The standard InChI is InChI=1S/C13H10F3NS/c14-13(15,16)8-5-6-11(17)10(7-8)9-3-1-2-4-12(9)18/h1-7,18H,17H2. The van der Waals surface area contributed by atoms with Gasteiger partial charge in [-0.15, -0.1) is 12.6 Å². The molecule has 2 rings (SSSR count). The van der Waals surface area contributed by atoms with Gasteiger partial charge in [0.15, 0.2) is 0 Å². The first-order valence-corrected chi connectivity index (χ1v) is 5.59. The van der Waals surface area contributed by atoms with Gasteiger partial charge in [-0.05, 0) is 29.8 Å². The van der Waals surface area contributed by atoms with Crippen LogP contribution in [0.5, 0.6) is 0 Å². The second kappa shape index (κ2) is 4.57. The third kappa shape index (κ3) is 2.46. The molecule has 0 radical (unpaired) electrons. The Morgan fingerprint density at radius 3 is 2.22 bits per heavy atom. The third-order valence-electron chi connectivity index (χ3n) is 2.57. The Balaban J connectivity index is 2.61. The van der Waals surface area contributed by atoms with E-state index in [4.69, 9.17) is 5.73 Å². The normalized spacial score (nSPS) is 11.6. The van der Waals surface area contributed by atoms with Crippen molar-refractivity contribution in [1.29, 1.82) is 0 Å². The van der Waals surface area contributed by atoms with Crippen LogP contribution in [0.15, 0.2) is 47.4 Å². The molecule has 1 nitrogen and oxygen atoms in total. The monoisotopic (exact) mass is 269 g/mol. The van der Waals surface area contributed by atoms with E-state index < -0.39 is 11.7 Å². The lowest BCUT2D eigenvalue weighted by molar-refractivity contribution is -0.137. The number of rotatable bonds is 1. The summed E-state index contributed by atoms with van der Waals surface area (Å²) in [7, 11) is 0. The molecule has 0 aliphatic carbocycles. The van der Waals surface area contributed by atoms with Gasteiger partial charge in [0.1, 0.15) is 0 Å². The zero-order chi connectivity index (χ0) is 13.3. The summed E-state index contributed by atoms with van der Waals surface area (Å²) in [6.45, 7) is 0. The van der Waals surface area contributed by atoms with Gasteiger partial charge in [-0.3, -0.25) is 0 Å². The van der Waals surface area contributed by atoms with Crippen LogP contribution in [0, 0.1) is 0 Å². The van der Waals surface area contributed by atoms with Crippen molar-refractivity contribution in [2.75, 3.05) is 5.73 Å². The van der Waals surface area contributed by atoms with Crippen molar-refractivity contribution in [1.82, 2.24) is 0 Å². The van der Waals surface area contributed by atoms with E-state index in [0.29, 0.717) is 21.7 Å². The number of benzene rings is 2. The molecule has 0 fully saturated rings. The average molecular weight is 269 g/mol. The Labute approximate surface area is 108 Å². The van der Waals surface area contributed by atoms with Crippen LogP contribution in [0.25, 0.3) is 11.1 Å². The topological polar surface area (TPSA) is 26.0 Å². The van der Waals surface area contributed by atoms with Crippen LogP contribution < -0.4 is 5.73 Å². The lowest BCUT2D eigenvalue weighted by Gasteiger charge is -2.12. The lowest BCUT2D eigenvalue weighted by Crippen LogP contribution is -2.05. The molecule has 5 heteroatoms. The molecule has 0 unspecified atom stereocenters. The molecule has 0 saturated heterocycles. The molecule has 2 aromatic carbocycles. The fourth-order valence-corrected chi connectivity index (χ4v) is 1.95. The predicted octanol–water partition coefficient (Wildman–Crippen LogP) is 4.24. The Morgan fingerprint density at radius 1 is 0.944 bits per heavy atom. The maximum Gasteiger partial charge on any atom is 0.416 e. The first kappa shape index (κ1) is 12.8. The molecular weight excluding hydrogens is 259 g/mol. The van der Waals surface area contributed by atoms with Gasteiger partial charge in [0.05, 0.1) is 5.56 Å². The molecule has 0 bridgehead atoms. The number of hydrogen-bond acceptors (Lipinski definition) is 2.